The lowest BCUT2D eigenvalue weighted by molar-refractivity contribution is -0.124. The van der Waals surface area contributed by atoms with Crippen molar-refractivity contribution in [3.8, 4) is 0 Å². The second kappa shape index (κ2) is 5.24. The standard InChI is InChI=1S/C13H16ClFN2O/c1-2-13(5-6-16-8-13)12(18)17-11-4-3-9(14)7-10(11)15/h3-4,7,16H,2,5-6,8H2,1H3,(H,17,18). The van der Waals surface area contributed by atoms with Gasteiger partial charge >= 0.3 is 0 Å². The maximum absolute atomic E-state index is 13.6. The molecule has 18 heavy (non-hydrogen) atoms. The van der Waals surface area contributed by atoms with Crippen LogP contribution < -0.4 is 10.6 Å². The molecule has 2 N–H and O–H groups in total. The highest BCUT2D eigenvalue weighted by molar-refractivity contribution is 6.30. The molecule has 1 aliphatic rings. The van der Waals surface area contributed by atoms with Crippen LogP contribution in [0.5, 0.6) is 0 Å². The van der Waals surface area contributed by atoms with Crippen LogP contribution in [0, 0.1) is 11.2 Å². The number of carbonyl (C=O) groups excluding carboxylic acids is 1. The first-order valence-electron chi connectivity index (χ1n) is 6.04. The van der Waals surface area contributed by atoms with E-state index in [4.69, 9.17) is 11.6 Å². The molecule has 1 amide bonds. The summed E-state index contributed by atoms with van der Waals surface area (Å²) < 4.78 is 13.6. The van der Waals surface area contributed by atoms with Crippen molar-refractivity contribution in [1.82, 2.24) is 5.32 Å². The van der Waals surface area contributed by atoms with E-state index in [-0.39, 0.29) is 11.6 Å². The lowest BCUT2D eigenvalue weighted by Crippen LogP contribution is -2.37. The van der Waals surface area contributed by atoms with Gasteiger partial charge in [0.25, 0.3) is 0 Å². The fourth-order valence-electron chi connectivity index (χ4n) is 2.25. The summed E-state index contributed by atoms with van der Waals surface area (Å²) in [5.41, 5.74) is -0.240. The molecule has 0 bridgehead atoms. The number of rotatable bonds is 3. The van der Waals surface area contributed by atoms with Gasteiger partial charge in [-0.3, -0.25) is 4.79 Å². The van der Waals surface area contributed by atoms with E-state index >= 15 is 0 Å². The Hall–Kier alpha value is -1.13. The minimum Gasteiger partial charge on any atom is -0.323 e. The number of halogens is 2. The molecule has 0 saturated carbocycles. The number of benzene rings is 1. The largest absolute Gasteiger partial charge is 0.323 e. The molecule has 0 radical (unpaired) electrons. The molecule has 1 atom stereocenters. The van der Waals surface area contributed by atoms with E-state index in [1.807, 2.05) is 6.92 Å². The maximum Gasteiger partial charge on any atom is 0.231 e. The van der Waals surface area contributed by atoms with Crippen LogP contribution in [0.2, 0.25) is 5.02 Å². The minimum atomic E-state index is -0.506. The smallest absolute Gasteiger partial charge is 0.231 e. The number of hydrogen-bond acceptors (Lipinski definition) is 2. The van der Waals surface area contributed by atoms with Crippen LogP contribution in [0.25, 0.3) is 0 Å². The summed E-state index contributed by atoms with van der Waals surface area (Å²) in [6, 6.07) is 4.25. The highest BCUT2D eigenvalue weighted by atomic mass is 35.5. The number of carbonyl (C=O) groups is 1. The van der Waals surface area contributed by atoms with Gasteiger partial charge in [0.05, 0.1) is 11.1 Å². The average Bonchev–Trinajstić information content (AvgIpc) is 2.82. The van der Waals surface area contributed by atoms with Crippen molar-refractivity contribution >= 4 is 23.2 Å². The summed E-state index contributed by atoms with van der Waals surface area (Å²) in [5, 5.41) is 6.16. The Bertz CT molecular complexity index is 458. The number of hydrogen-bond donors (Lipinski definition) is 2. The maximum atomic E-state index is 13.6. The Kier molecular flexibility index (Phi) is 3.88. The molecule has 0 aliphatic carbocycles. The van der Waals surface area contributed by atoms with Crippen molar-refractivity contribution < 1.29 is 9.18 Å². The third kappa shape index (κ3) is 2.49. The molecule has 1 unspecified atom stereocenters. The van der Waals surface area contributed by atoms with E-state index in [0.29, 0.717) is 11.6 Å². The Morgan fingerprint density at radius 3 is 2.94 bits per heavy atom. The molecule has 0 aromatic heterocycles. The highest BCUT2D eigenvalue weighted by Crippen LogP contribution is 2.31. The van der Waals surface area contributed by atoms with Crippen LogP contribution in [0.15, 0.2) is 18.2 Å². The fraction of sp³-hybridized carbons (Fsp3) is 0.462. The molecule has 1 aromatic carbocycles. The van der Waals surface area contributed by atoms with Crippen LogP contribution in [0.3, 0.4) is 0 Å². The van der Waals surface area contributed by atoms with E-state index in [1.54, 1.807) is 6.07 Å². The average molecular weight is 271 g/mol. The van der Waals surface area contributed by atoms with Crippen LogP contribution in [-0.2, 0) is 4.79 Å². The van der Waals surface area contributed by atoms with Crippen LogP contribution in [0.4, 0.5) is 10.1 Å². The Balaban J connectivity index is 2.15. The van der Waals surface area contributed by atoms with Gasteiger partial charge in [-0.2, -0.15) is 0 Å². The molecule has 5 heteroatoms. The lowest BCUT2D eigenvalue weighted by atomic mass is 9.83. The summed E-state index contributed by atoms with van der Waals surface area (Å²) in [7, 11) is 0. The van der Waals surface area contributed by atoms with E-state index in [1.165, 1.54) is 12.1 Å². The zero-order valence-corrected chi connectivity index (χ0v) is 11.0. The van der Waals surface area contributed by atoms with Gasteiger partial charge in [-0.1, -0.05) is 18.5 Å². The topological polar surface area (TPSA) is 41.1 Å². The predicted octanol–water partition coefficient (Wildman–Crippen LogP) is 2.81. The van der Waals surface area contributed by atoms with Gasteiger partial charge in [-0.25, -0.2) is 4.39 Å². The van der Waals surface area contributed by atoms with Crippen LogP contribution in [-0.4, -0.2) is 19.0 Å². The van der Waals surface area contributed by atoms with Gasteiger partial charge in [-0.05, 0) is 37.6 Å². The zero-order valence-electron chi connectivity index (χ0n) is 10.2. The number of amides is 1. The normalized spacial score (nSPS) is 23.1. The zero-order chi connectivity index (χ0) is 13.2. The summed E-state index contributed by atoms with van der Waals surface area (Å²) in [6.07, 6.45) is 1.52. The van der Waals surface area contributed by atoms with Crippen LogP contribution >= 0.6 is 11.6 Å². The van der Waals surface area contributed by atoms with E-state index < -0.39 is 11.2 Å². The minimum absolute atomic E-state index is 0.128. The summed E-state index contributed by atoms with van der Waals surface area (Å²) in [5.74, 6) is -0.635. The molecule has 3 nitrogen and oxygen atoms in total. The van der Waals surface area contributed by atoms with E-state index in [2.05, 4.69) is 10.6 Å². The van der Waals surface area contributed by atoms with Crippen molar-refractivity contribution in [2.75, 3.05) is 18.4 Å². The van der Waals surface area contributed by atoms with Gasteiger partial charge in [-0.15, -0.1) is 0 Å². The molecule has 98 valence electrons. The van der Waals surface area contributed by atoms with E-state index in [9.17, 15) is 9.18 Å². The molecular formula is C13H16ClFN2O. The fourth-order valence-corrected chi connectivity index (χ4v) is 2.40. The quantitative estimate of drug-likeness (QED) is 0.887. The third-order valence-electron chi connectivity index (χ3n) is 3.58. The van der Waals surface area contributed by atoms with Crippen molar-refractivity contribution in [1.29, 1.82) is 0 Å². The Morgan fingerprint density at radius 1 is 1.61 bits per heavy atom. The number of anilines is 1. The van der Waals surface area contributed by atoms with Gasteiger partial charge < -0.3 is 10.6 Å². The number of nitrogens with one attached hydrogen (secondary N) is 2. The van der Waals surface area contributed by atoms with Gasteiger partial charge in [0, 0.05) is 11.6 Å². The molecule has 1 saturated heterocycles. The first-order chi connectivity index (χ1) is 8.57. The second-order valence-electron chi connectivity index (χ2n) is 4.64. The first kappa shape index (κ1) is 13.3. The van der Waals surface area contributed by atoms with Gasteiger partial charge in [0.2, 0.25) is 5.91 Å². The summed E-state index contributed by atoms with van der Waals surface area (Å²) in [6.45, 7) is 3.44. The van der Waals surface area contributed by atoms with Crippen molar-refractivity contribution in [2.24, 2.45) is 5.41 Å². The SMILES string of the molecule is CCC1(C(=O)Nc2ccc(Cl)cc2F)CCNC1. The van der Waals surface area contributed by atoms with Crippen molar-refractivity contribution in [3.05, 3.63) is 29.0 Å². The van der Waals surface area contributed by atoms with Gasteiger partial charge in [0.1, 0.15) is 5.82 Å². The second-order valence-corrected chi connectivity index (χ2v) is 5.08. The molecule has 1 aromatic rings. The molecule has 2 rings (SSSR count). The third-order valence-corrected chi connectivity index (χ3v) is 3.82. The molecule has 1 fully saturated rings. The summed E-state index contributed by atoms with van der Waals surface area (Å²) in [4.78, 5) is 12.3. The summed E-state index contributed by atoms with van der Waals surface area (Å²) >= 11 is 5.67. The predicted molar refractivity (Wildman–Crippen MR) is 70.3 cm³/mol. The van der Waals surface area contributed by atoms with E-state index in [0.717, 1.165) is 19.4 Å². The monoisotopic (exact) mass is 270 g/mol. The molecule has 0 spiro atoms. The lowest BCUT2D eigenvalue weighted by Gasteiger charge is -2.25. The Morgan fingerprint density at radius 2 is 2.39 bits per heavy atom. The van der Waals surface area contributed by atoms with Gasteiger partial charge in [0.15, 0.2) is 0 Å². The molecule has 1 heterocycles. The molecular weight excluding hydrogens is 255 g/mol. The van der Waals surface area contributed by atoms with Crippen molar-refractivity contribution in [3.63, 3.8) is 0 Å². The van der Waals surface area contributed by atoms with Crippen molar-refractivity contribution in [2.45, 2.75) is 19.8 Å². The molecule has 1 aliphatic heterocycles. The van der Waals surface area contributed by atoms with Crippen LogP contribution in [0.1, 0.15) is 19.8 Å². The first-order valence-corrected chi connectivity index (χ1v) is 6.42. The highest BCUT2D eigenvalue weighted by Gasteiger charge is 2.39. The Labute approximate surface area is 111 Å².